The minimum absolute atomic E-state index is 0.0122. The second-order valence-electron chi connectivity index (χ2n) is 10.6. The molecule has 0 saturated carbocycles. The molecule has 0 spiro atoms. The van der Waals surface area contributed by atoms with Crippen molar-refractivity contribution in [2.75, 3.05) is 13.2 Å². The molecule has 0 radical (unpaired) electrons. The van der Waals surface area contributed by atoms with Gasteiger partial charge in [0.15, 0.2) is 0 Å². The van der Waals surface area contributed by atoms with Crippen LogP contribution in [0.5, 0.6) is 11.8 Å². The van der Waals surface area contributed by atoms with Gasteiger partial charge in [-0.05, 0) is 71.7 Å². The van der Waals surface area contributed by atoms with E-state index in [9.17, 15) is 5.11 Å². The van der Waals surface area contributed by atoms with Gasteiger partial charge in [0.25, 0.3) is 0 Å². The van der Waals surface area contributed by atoms with Crippen LogP contribution in [0.25, 0.3) is 22.0 Å². The summed E-state index contributed by atoms with van der Waals surface area (Å²) in [5.74, 6) is 1.42. The first-order valence-corrected chi connectivity index (χ1v) is 13.5. The number of H-pyrrole nitrogens is 1. The highest BCUT2D eigenvalue weighted by Gasteiger charge is 2.32. The minimum atomic E-state index is 0.0122. The summed E-state index contributed by atoms with van der Waals surface area (Å²) >= 11 is 0. The molecule has 4 aromatic rings. The maximum Gasteiger partial charge on any atom is 0.236 e. The largest absolute Gasteiger partial charge is 0.474 e. The van der Waals surface area contributed by atoms with E-state index in [0.717, 1.165) is 70.8 Å². The Labute approximate surface area is 223 Å². The molecule has 10 heteroatoms. The van der Waals surface area contributed by atoms with Crippen molar-refractivity contribution >= 4 is 10.9 Å². The Kier molecular flexibility index (Phi) is 7.45. The van der Waals surface area contributed by atoms with E-state index in [0.29, 0.717) is 12.4 Å². The van der Waals surface area contributed by atoms with E-state index in [2.05, 4.69) is 51.3 Å². The molecular weight excluding hydrogens is 482 g/mol. The number of hydrogen-bond donors (Lipinski definition) is 2. The zero-order valence-electron chi connectivity index (χ0n) is 23.2. The van der Waals surface area contributed by atoms with Crippen molar-refractivity contribution in [1.82, 2.24) is 34.7 Å². The molecule has 1 aliphatic rings. The smallest absolute Gasteiger partial charge is 0.236 e. The fourth-order valence-electron chi connectivity index (χ4n) is 5.34. The van der Waals surface area contributed by atoms with E-state index >= 15 is 0 Å². The Hall–Kier alpha value is -3.37. The summed E-state index contributed by atoms with van der Waals surface area (Å²) in [6.45, 7) is 12.5. The van der Waals surface area contributed by atoms with Crippen LogP contribution < -0.4 is 9.47 Å². The molecule has 1 aromatic carbocycles. The first-order chi connectivity index (χ1) is 18.3. The number of ether oxygens (including phenoxy) is 2. The van der Waals surface area contributed by atoms with Gasteiger partial charge in [0.05, 0.1) is 42.2 Å². The zero-order chi connectivity index (χ0) is 27.0. The third-order valence-electron chi connectivity index (χ3n) is 7.54. The fraction of sp³-hybridized carbons (Fsp3) is 0.536. The third kappa shape index (κ3) is 5.02. The molecule has 0 bridgehead atoms. The first kappa shape index (κ1) is 26.2. The van der Waals surface area contributed by atoms with E-state index < -0.39 is 0 Å². The Bertz CT molecular complexity index is 1400. The maximum atomic E-state index is 9.63. The van der Waals surface area contributed by atoms with Crippen molar-refractivity contribution < 1.29 is 14.6 Å². The molecule has 1 aliphatic heterocycles. The normalized spacial score (nSPS) is 18.5. The Morgan fingerprint density at radius 2 is 2.05 bits per heavy atom. The molecule has 1 fully saturated rings. The molecule has 204 valence electrons. The van der Waals surface area contributed by atoms with E-state index in [1.54, 1.807) is 0 Å². The van der Waals surface area contributed by atoms with Crippen molar-refractivity contribution in [3.63, 3.8) is 0 Å². The van der Waals surface area contributed by atoms with E-state index in [-0.39, 0.29) is 24.9 Å². The van der Waals surface area contributed by atoms with Gasteiger partial charge in [-0.15, -0.1) is 5.10 Å². The van der Waals surface area contributed by atoms with Gasteiger partial charge in [-0.25, -0.2) is 4.68 Å². The predicted octanol–water partition coefficient (Wildman–Crippen LogP) is 3.99. The summed E-state index contributed by atoms with van der Waals surface area (Å²) in [4.78, 5) is 2.45. The number of fused-ring (bicyclic) bond motifs is 1. The molecule has 5 rings (SSSR count). The van der Waals surface area contributed by atoms with Gasteiger partial charge in [0.1, 0.15) is 6.10 Å². The van der Waals surface area contributed by atoms with Gasteiger partial charge in [0, 0.05) is 36.3 Å². The van der Waals surface area contributed by atoms with Crippen LogP contribution in [0.4, 0.5) is 0 Å². The number of aliphatic hydroxyl groups excluding tert-OH is 1. The Balaban J connectivity index is 1.37. The number of aromatic amines is 1. The molecule has 10 nitrogen and oxygen atoms in total. The van der Waals surface area contributed by atoms with E-state index in [4.69, 9.17) is 9.47 Å². The lowest BCUT2D eigenvalue weighted by atomic mass is 9.99. The lowest BCUT2D eigenvalue weighted by Gasteiger charge is -2.39. The summed E-state index contributed by atoms with van der Waals surface area (Å²) in [5, 5.41) is 27.3. The zero-order valence-corrected chi connectivity index (χ0v) is 23.2. The third-order valence-corrected chi connectivity index (χ3v) is 7.54. The highest BCUT2D eigenvalue weighted by molar-refractivity contribution is 5.87. The molecule has 2 N–H and O–H groups in total. The van der Waals surface area contributed by atoms with Gasteiger partial charge in [-0.1, -0.05) is 6.07 Å². The summed E-state index contributed by atoms with van der Waals surface area (Å²) in [7, 11) is 1.93. The maximum absolute atomic E-state index is 9.63. The van der Waals surface area contributed by atoms with Crippen LogP contribution in [0, 0.1) is 13.8 Å². The highest BCUT2D eigenvalue weighted by Crippen LogP contribution is 2.35. The predicted molar refractivity (Wildman–Crippen MR) is 146 cm³/mol. The van der Waals surface area contributed by atoms with Crippen molar-refractivity contribution in [3.05, 3.63) is 41.3 Å². The van der Waals surface area contributed by atoms with Crippen LogP contribution in [0.3, 0.4) is 0 Å². The number of hydrogen-bond acceptors (Lipinski definition) is 7. The molecule has 4 heterocycles. The van der Waals surface area contributed by atoms with Crippen molar-refractivity contribution in [2.24, 2.45) is 7.05 Å². The second-order valence-corrected chi connectivity index (χ2v) is 10.6. The van der Waals surface area contributed by atoms with Crippen LogP contribution in [-0.2, 0) is 20.1 Å². The van der Waals surface area contributed by atoms with Gasteiger partial charge in [-0.3, -0.25) is 14.7 Å². The van der Waals surface area contributed by atoms with Crippen LogP contribution in [0.1, 0.15) is 50.6 Å². The van der Waals surface area contributed by atoms with Crippen molar-refractivity contribution in [3.8, 4) is 22.9 Å². The molecule has 3 aromatic heterocycles. The SMILES string of the molecule is Cc1c(OC(C)C)nn(CCO)c1CN1CCCC(Oc2c(-c3ccc4n[nH]c(C)c4c3)cnn2C)C1C. The summed E-state index contributed by atoms with van der Waals surface area (Å²) < 4.78 is 16.4. The molecule has 0 aliphatic carbocycles. The number of piperidine rings is 1. The van der Waals surface area contributed by atoms with Gasteiger partial charge >= 0.3 is 0 Å². The Morgan fingerprint density at radius 3 is 2.82 bits per heavy atom. The minimum Gasteiger partial charge on any atom is -0.474 e. The molecular formula is C28H39N7O3. The molecule has 2 atom stereocenters. The number of nitrogens with zero attached hydrogens (tertiary/aromatic N) is 6. The molecule has 0 amide bonds. The van der Waals surface area contributed by atoms with E-state index in [1.807, 2.05) is 49.4 Å². The topological polar surface area (TPSA) is 106 Å². The van der Waals surface area contributed by atoms with Gasteiger partial charge in [-0.2, -0.15) is 10.2 Å². The van der Waals surface area contributed by atoms with Crippen molar-refractivity contribution in [1.29, 1.82) is 0 Å². The van der Waals surface area contributed by atoms with Crippen LogP contribution in [0.15, 0.2) is 24.4 Å². The number of aryl methyl sites for hydroxylation is 2. The van der Waals surface area contributed by atoms with Crippen LogP contribution >= 0.6 is 0 Å². The number of likely N-dealkylation sites (tertiary alicyclic amines) is 1. The molecule has 38 heavy (non-hydrogen) atoms. The average molecular weight is 522 g/mol. The first-order valence-electron chi connectivity index (χ1n) is 13.5. The quantitative estimate of drug-likeness (QED) is 0.343. The fourth-order valence-corrected chi connectivity index (χ4v) is 5.34. The van der Waals surface area contributed by atoms with E-state index in [1.165, 1.54) is 0 Å². The van der Waals surface area contributed by atoms with Gasteiger partial charge < -0.3 is 14.6 Å². The summed E-state index contributed by atoms with van der Waals surface area (Å²) in [6, 6.07) is 6.43. The van der Waals surface area contributed by atoms with Crippen LogP contribution in [0.2, 0.25) is 0 Å². The molecule has 1 saturated heterocycles. The summed E-state index contributed by atoms with van der Waals surface area (Å²) in [5.41, 5.74) is 6.14. The van der Waals surface area contributed by atoms with Gasteiger partial charge in [0.2, 0.25) is 11.8 Å². The van der Waals surface area contributed by atoms with Crippen LogP contribution in [-0.4, -0.2) is 71.2 Å². The highest BCUT2D eigenvalue weighted by atomic mass is 16.5. The van der Waals surface area contributed by atoms with Crippen molar-refractivity contribution in [2.45, 2.75) is 78.8 Å². The lowest BCUT2D eigenvalue weighted by molar-refractivity contribution is 0.0253. The summed E-state index contributed by atoms with van der Waals surface area (Å²) in [6.07, 6.45) is 3.93. The second kappa shape index (κ2) is 10.8. The molecule has 2 unspecified atom stereocenters. The Morgan fingerprint density at radius 1 is 1.24 bits per heavy atom. The number of rotatable bonds is 9. The number of aromatic nitrogens is 6. The average Bonchev–Trinajstić information content (AvgIpc) is 3.53. The number of aliphatic hydroxyl groups is 1. The number of benzene rings is 1. The monoisotopic (exact) mass is 521 g/mol. The lowest BCUT2D eigenvalue weighted by Crippen LogP contribution is -2.48. The standard InChI is InChI=1S/C28H39N7O3/c1-17(2)37-27-18(3)25(35(32-27)12-13-36)16-34-11-7-8-26(20(34)5)38-28-23(15-29-33(28)6)21-9-10-24-22(14-21)19(4)30-31-24/h9-10,14-15,17,20,26,36H,7-8,11-13,16H2,1-6H3,(H,30,31). The number of nitrogens with one attached hydrogen (secondary N) is 1.